The number of aryl methyl sites for hydroxylation is 1. The summed E-state index contributed by atoms with van der Waals surface area (Å²) < 4.78 is 46.1. The van der Waals surface area contributed by atoms with Crippen molar-refractivity contribution in [2.24, 2.45) is 0 Å². The molecule has 0 N–H and O–H groups in total. The highest BCUT2D eigenvalue weighted by molar-refractivity contribution is 6.34. The first-order chi connectivity index (χ1) is 14.2. The zero-order valence-electron chi connectivity index (χ0n) is 15.3. The minimum Gasteiger partial charge on any atom is -0.493 e. The van der Waals surface area contributed by atoms with Crippen LogP contribution in [0.3, 0.4) is 0 Å². The van der Waals surface area contributed by atoms with Crippen LogP contribution in [0.2, 0.25) is 10.2 Å². The zero-order chi connectivity index (χ0) is 21.8. The largest absolute Gasteiger partial charge is 0.493 e. The Kier molecular flexibility index (Phi) is 4.71. The van der Waals surface area contributed by atoms with Crippen molar-refractivity contribution in [1.82, 2.24) is 19.6 Å². The zero-order valence-corrected chi connectivity index (χ0v) is 16.9. The number of nitriles is 1. The number of halogens is 5. The fourth-order valence-corrected chi connectivity index (χ4v) is 3.89. The van der Waals surface area contributed by atoms with Gasteiger partial charge in [-0.3, -0.25) is 4.98 Å². The molecule has 152 valence electrons. The quantitative estimate of drug-likeness (QED) is 0.378. The topological polar surface area (TPSA) is 76.1 Å². The van der Waals surface area contributed by atoms with E-state index >= 15 is 0 Å². The van der Waals surface area contributed by atoms with Crippen LogP contribution in [0.5, 0.6) is 5.75 Å². The Labute approximate surface area is 177 Å². The van der Waals surface area contributed by atoms with Gasteiger partial charge in [0.15, 0.2) is 17.1 Å². The van der Waals surface area contributed by atoms with E-state index in [0.29, 0.717) is 38.5 Å². The number of hydrogen-bond donors (Lipinski definition) is 0. The Morgan fingerprint density at radius 2 is 1.93 bits per heavy atom. The summed E-state index contributed by atoms with van der Waals surface area (Å²) in [6.45, 7) is 1.59. The second-order valence-electron chi connectivity index (χ2n) is 6.27. The van der Waals surface area contributed by atoms with Gasteiger partial charge in [0.05, 0.1) is 17.8 Å². The van der Waals surface area contributed by atoms with Crippen molar-refractivity contribution >= 4 is 39.8 Å². The van der Waals surface area contributed by atoms with Crippen molar-refractivity contribution in [3.63, 3.8) is 0 Å². The van der Waals surface area contributed by atoms with Gasteiger partial charge in [-0.05, 0) is 24.6 Å². The van der Waals surface area contributed by atoms with E-state index in [-0.39, 0.29) is 10.8 Å². The summed E-state index contributed by atoms with van der Waals surface area (Å²) in [5.74, 6) is 0.351. The molecule has 0 bridgehead atoms. The average Bonchev–Trinajstić information content (AvgIpc) is 3.07. The molecule has 0 amide bonds. The summed E-state index contributed by atoms with van der Waals surface area (Å²) in [6, 6.07) is 6.49. The standard InChI is InChI=1S/C19H10Cl2F3N5O/c1-8-13(9-5-6-26-14-10(9)3-4-12(20)15(14)30-2)17(21)29-18(27-8)11(7-25)16(28-29)19(22,23)24/h3-6H,1-2H3. The summed E-state index contributed by atoms with van der Waals surface area (Å²) in [4.78, 5) is 8.50. The van der Waals surface area contributed by atoms with Crippen LogP contribution in [0.1, 0.15) is 17.0 Å². The maximum Gasteiger partial charge on any atom is 0.436 e. The molecule has 11 heteroatoms. The van der Waals surface area contributed by atoms with Crippen molar-refractivity contribution < 1.29 is 17.9 Å². The van der Waals surface area contributed by atoms with Gasteiger partial charge in [-0.25, -0.2) is 9.50 Å². The number of hydrogen-bond acceptors (Lipinski definition) is 5. The summed E-state index contributed by atoms with van der Waals surface area (Å²) >= 11 is 12.7. The van der Waals surface area contributed by atoms with Crippen LogP contribution in [-0.4, -0.2) is 26.7 Å². The monoisotopic (exact) mass is 451 g/mol. The fourth-order valence-electron chi connectivity index (χ4n) is 3.31. The van der Waals surface area contributed by atoms with Gasteiger partial charge in [-0.2, -0.15) is 23.5 Å². The third kappa shape index (κ3) is 2.91. The highest BCUT2D eigenvalue weighted by Gasteiger charge is 2.39. The smallest absolute Gasteiger partial charge is 0.436 e. The van der Waals surface area contributed by atoms with E-state index in [4.69, 9.17) is 27.9 Å². The number of rotatable bonds is 2. The minimum atomic E-state index is -4.83. The van der Waals surface area contributed by atoms with Crippen LogP contribution in [-0.2, 0) is 6.18 Å². The molecule has 0 aliphatic rings. The van der Waals surface area contributed by atoms with Crippen molar-refractivity contribution in [3.05, 3.63) is 51.5 Å². The first-order valence-electron chi connectivity index (χ1n) is 8.36. The summed E-state index contributed by atoms with van der Waals surface area (Å²) in [7, 11) is 1.45. The highest BCUT2D eigenvalue weighted by Crippen LogP contribution is 2.41. The predicted octanol–water partition coefficient (Wildman–Crippen LogP) is 5.46. The van der Waals surface area contributed by atoms with E-state index < -0.39 is 17.4 Å². The minimum absolute atomic E-state index is 0.120. The lowest BCUT2D eigenvalue weighted by Crippen LogP contribution is -2.08. The second kappa shape index (κ2) is 7.00. The van der Waals surface area contributed by atoms with Crippen molar-refractivity contribution in [2.45, 2.75) is 13.1 Å². The maximum absolute atomic E-state index is 13.3. The lowest BCUT2D eigenvalue weighted by atomic mass is 10.0. The van der Waals surface area contributed by atoms with Crippen molar-refractivity contribution in [1.29, 1.82) is 5.26 Å². The summed E-state index contributed by atoms with van der Waals surface area (Å²) in [5.41, 5.74) is -0.631. The first kappa shape index (κ1) is 20.2. The van der Waals surface area contributed by atoms with E-state index in [9.17, 15) is 18.4 Å². The van der Waals surface area contributed by atoms with E-state index in [0.717, 1.165) is 4.52 Å². The Morgan fingerprint density at radius 3 is 2.57 bits per heavy atom. The van der Waals surface area contributed by atoms with Crippen LogP contribution in [0.25, 0.3) is 27.7 Å². The molecule has 0 radical (unpaired) electrons. The normalized spacial score (nSPS) is 11.8. The van der Waals surface area contributed by atoms with Crippen LogP contribution >= 0.6 is 23.2 Å². The van der Waals surface area contributed by atoms with Gasteiger partial charge >= 0.3 is 6.18 Å². The second-order valence-corrected chi connectivity index (χ2v) is 7.03. The van der Waals surface area contributed by atoms with E-state index in [2.05, 4.69) is 15.1 Å². The molecule has 6 nitrogen and oxygen atoms in total. The fraction of sp³-hybridized carbons (Fsp3) is 0.158. The number of ether oxygens (including phenoxy) is 1. The van der Waals surface area contributed by atoms with E-state index in [1.54, 1.807) is 25.1 Å². The lowest BCUT2D eigenvalue weighted by molar-refractivity contribution is -0.141. The van der Waals surface area contributed by atoms with Crippen molar-refractivity contribution in [3.8, 4) is 22.9 Å². The van der Waals surface area contributed by atoms with Crippen LogP contribution in [0.4, 0.5) is 13.2 Å². The third-order valence-electron chi connectivity index (χ3n) is 4.56. The molecule has 0 fully saturated rings. The molecule has 0 aliphatic heterocycles. The molecule has 0 unspecified atom stereocenters. The molecule has 0 saturated heterocycles. The predicted molar refractivity (Wildman–Crippen MR) is 105 cm³/mol. The number of fused-ring (bicyclic) bond motifs is 2. The van der Waals surface area contributed by atoms with Gasteiger partial charge in [0, 0.05) is 17.1 Å². The molecule has 0 spiro atoms. The molecular weight excluding hydrogens is 442 g/mol. The van der Waals surface area contributed by atoms with Gasteiger partial charge in [-0.1, -0.05) is 29.3 Å². The van der Waals surface area contributed by atoms with Crippen LogP contribution in [0, 0.1) is 18.3 Å². The molecule has 0 aliphatic carbocycles. The number of benzene rings is 1. The Morgan fingerprint density at radius 1 is 1.20 bits per heavy atom. The van der Waals surface area contributed by atoms with Gasteiger partial charge < -0.3 is 4.74 Å². The van der Waals surface area contributed by atoms with Gasteiger partial charge in [0.25, 0.3) is 0 Å². The van der Waals surface area contributed by atoms with Gasteiger partial charge in [-0.15, -0.1) is 0 Å². The molecule has 4 aromatic rings. The van der Waals surface area contributed by atoms with Crippen molar-refractivity contribution in [2.75, 3.05) is 7.11 Å². The molecule has 3 aromatic heterocycles. The number of aromatic nitrogens is 4. The Bertz CT molecular complexity index is 1380. The van der Waals surface area contributed by atoms with Crippen LogP contribution in [0.15, 0.2) is 24.4 Å². The number of pyridine rings is 1. The maximum atomic E-state index is 13.3. The average molecular weight is 452 g/mol. The third-order valence-corrected chi connectivity index (χ3v) is 5.21. The van der Waals surface area contributed by atoms with E-state index in [1.165, 1.54) is 19.4 Å². The molecule has 0 atom stereocenters. The molecule has 0 saturated carbocycles. The van der Waals surface area contributed by atoms with E-state index in [1.807, 2.05) is 0 Å². The first-order valence-corrected chi connectivity index (χ1v) is 9.12. The Balaban J connectivity index is 2.10. The molecule has 4 rings (SSSR count). The van der Waals surface area contributed by atoms with Crippen LogP contribution < -0.4 is 4.74 Å². The van der Waals surface area contributed by atoms with Gasteiger partial charge in [0.2, 0.25) is 0 Å². The van der Waals surface area contributed by atoms with Gasteiger partial charge in [0.1, 0.15) is 22.3 Å². The number of alkyl halides is 3. The number of methoxy groups -OCH3 is 1. The highest BCUT2D eigenvalue weighted by atomic mass is 35.5. The molecular formula is C19H10Cl2F3N5O. The summed E-state index contributed by atoms with van der Waals surface area (Å²) in [6.07, 6.45) is -3.33. The Hall–Kier alpha value is -3.09. The molecule has 1 aromatic carbocycles. The lowest BCUT2D eigenvalue weighted by Gasteiger charge is -2.14. The molecule has 30 heavy (non-hydrogen) atoms. The molecule has 3 heterocycles. The SMILES string of the molecule is COc1c(Cl)ccc2c(-c3c(C)nc4c(C#N)c(C(F)(F)F)nn4c3Cl)ccnc12. The summed E-state index contributed by atoms with van der Waals surface area (Å²) in [5, 5.41) is 13.6. The number of nitrogens with zero attached hydrogens (tertiary/aromatic N) is 5.